The molecule has 0 amide bonds. The van der Waals surface area contributed by atoms with Gasteiger partial charge in [-0.25, -0.2) is 4.98 Å². The summed E-state index contributed by atoms with van der Waals surface area (Å²) in [5.41, 5.74) is 1.16. The van der Waals surface area contributed by atoms with Crippen LogP contribution in [-0.4, -0.2) is 15.6 Å². The molecule has 21 heavy (non-hydrogen) atoms. The van der Waals surface area contributed by atoms with Crippen molar-refractivity contribution in [2.24, 2.45) is 0 Å². The number of imidazole rings is 1. The minimum Gasteiger partial charge on any atom is -0.353 e. The zero-order chi connectivity index (χ0) is 14.1. The second-order valence-corrected chi connectivity index (χ2v) is 5.78. The van der Waals surface area contributed by atoms with Crippen molar-refractivity contribution in [3.8, 4) is 5.69 Å². The van der Waals surface area contributed by atoms with Crippen LogP contribution in [0.1, 0.15) is 25.7 Å². The SMILES string of the molecule is c1ccc2cc(-n3ccnc3NC3CCCC3)ccc2c1. The first-order valence-electron chi connectivity index (χ1n) is 7.69. The van der Waals surface area contributed by atoms with Gasteiger partial charge in [-0.3, -0.25) is 4.57 Å². The topological polar surface area (TPSA) is 29.9 Å². The van der Waals surface area contributed by atoms with Gasteiger partial charge in [0.05, 0.1) is 0 Å². The van der Waals surface area contributed by atoms with Gasteiger partial charge in [0.25, 0.3) is 0 Å². The van der Waals surface area contributed by atoms with E-state index in [-0.39, 0.29) is 0 Å². The first-order chi connectivity index (χ1) is 10.4. The van der Waals surface area contributed by atoms with Gasteiger partial charge in [-0.05, 0) is 35.7 Å². The number of benzene rings is 2. The van der Waals surface area contributed by atoms with Crippen LogP contribution in [0, 0.1) is 0 Å². The van der Waals surface area contributed by atoms with E-state index in [2.05, 4.69) is 57.3 Å². The number of hydrogen-bond donors (Lipinski definition) is 1. The van der Waals surface area contributed by atoms with E-state index in [9.17, 15) is 0 Å². The quantitative estimate of drug-likeness (QED) is 0.770. The summed E-state index contributed by atoms with van der Waals surface area (Å²) in [5, 5.41) is 6.12. The van der Waals surface area contributed by atoms with Crippen LogP contribution in [0.15, 0.2) is 54.9 Å². The van der Waals surface area contributed by atoms with Gasteiger partial charge in [0.2, 0.25) is 5.95 Å². The molecule has 0 aliphatic heterocycles. The zero-order valence-corrected chi connectivity index (χ0v) is 12.0. The number of rotatable bonds is 3. The Morgan fingerprint density at radius 2 is 1.81 bits per heavy atom. The molecule has 1 fully saturated rings. The lowest BCUT2D eigenvalue weighted by Gasteiger charge is -2.15. The molecule has 3 heteroatoms. The maximum Gasteiger partial charge on any atom is 0.207 e. The molecule has 0 radical (unpaired) electrons. The highest BCUT2D eigenvalue weighted by Gasteiger charge is 2.16. The Kier molecular flexibility index (Phi) is 3.11. The van der Waals surface area contributed by atoms with Crippen LogP contribution in [-0.2, 0) is 0 Å². The fourth-order valence-corrected chi connectivity index (χ4v) is 3.20. The average molecular weight is 277 g/mol. The standard InChI is InChI=1S/C18H19N3/c1-2-6-15-13-17(10-9-14(15)5-1)21-12-11-19-18(21)20-16-7-3-4-8-16/h1-2,5-6,9-13,16H,3-4,7-8H2,(H,19,20). The monoisotopic (exact) mass is 277 g/mol. The Morgan fingerprint density at radius 1 is 1.00 bits per heavy atom. The molecule has 0 atom stereocenters. The van der Waals surface area contributed by atoms with E-state index in [1.54, 1.807) is 0 Å². The van der Waals surface area contributed by atoms with E-state index >= 15 is 0 Å². The fourth-order valence-electron chi connectivity index (χ4n) is 3.20. The van der Waals surface area contributed by atoms with Gasteiger partial charge in [0.15, 0.2) is 0 Å². The van der Waals surface area contributed by atoms with Crippen molar-refractivity contribution in [1.29, 1.82) is 0 Å². The molecule has 0 spiro atoms. The van der Waals surface area contributed by atoms with Crippen molar-refractivity contribution < 1.29 is 0 Å². The third kappa shape index (κ3) is 2.40. The molecule has 3 nitrogen and oxygen atoms in total. The number of nitrogens with zero attached hydrogens (tertiary/aromatic N) is 2. The van der Waals surface area contributed by atoms with Gasteiger partial charge >= 0.3 is 0 Å². The molecule has 0 saturated heterocycles. The number of aromatic nitrogens is 2. The van der Waals surface area contributed by atoms with Crippen LogP contribution in [0.25, 0.3) is 16.5 Å². The van der Waals surface area contributed by atoms with E-state index < -0.39 is 0 Å². The lowest BCUT2D eigenvalue weighted by atomic mass is 10.1. The molecular weight excluding hydrogens is 258 g/mol. The van der Waals surface area contributed by atoms with Gasteiger partial charge < -0.3 is 5.32 Å². The zero-order valence-electron chi connectivity index (χ0n) is 12.0. The van der Waals surface area contributed by atoms with Crippen molar-refractivity contribution in [2.45, 2.75) is 31.7 Å². The Morgan fingerprint density at radius 3 is 2.67 bits per heavy atom. The molecular formula is C18H19N3. The third-order valence-corrected chi connectivity index (χ3v) is 4.34. The minimum atomic E-state index is 0.576. The van der Waals surface area contributed by atoms with Gasteiger partial charge in [0, 0.05) is 24.1 Å². The molecule has 3 aromatic rings. The summed E-state index contributed by atoms with van der Waals surface area (Å²) in [7, 11) is 0. The average Bonchev–Trinajstić information content (AvgIpc) is 3.19. The highest BCUT2D eigenvalue weighted by atomic mass is 15.2. The number of nitrogens with one attached hydrogen (secondary N) is 1. The summed E-state index contributed by atoms with van der Waals surface area (Å²) in [6.45, 7) is 0. The molecule has 1 aliphatic carbocycles. The van der Waals surface area contributed by atoms with Crippen molar-refractivity contribution in [3.63, 3.8) is 0 Å². The van der Waals surface area contributed by atoms with E-state index in [1.165, 1.54) is 36.5 Å². The first-order valence-corrected chi connectivity index (χ1v) is 7.69. The Labute approximate surface area is 124 Å². The third-order valence-electron chi connectivity index (χ3n) is 4.34. The Balaban J connectivity index is 1.69. The lowest BCUT2D eigenvalue weighted by Crippen LogP contribution is -2.17. The Bertz CT molecular complexity index is 754. The van der Waals surface area contributed by atoms with Crippen LogP contribution < -0.4 is 5.32 Å². The summed E-state index contributed by atoms with van der Waals surface area (Å²) in [6.07, 6.45) is 9.06. The lowest BCUT2D eigenvalue weighted by molar-refractivity contribution is 0.740. The highest BCUT2D eigenvalue weighted by molar-refractivity contribution is 5.84. The van der Waals surface area contributed by atoms with Gasteiger partial charge in [0.1, 0.15) is 0 Å². The highest BCUT2D eigenvalue weighted by Crippen LogP contribution is 2.24. The first kappa shape index (κ1) is 12.5. The van der Waals surface area contributed by atoms with E-state index in [4.69, 9.17) is 0 Å². The predicted molar refractivity (Wildman–Crippen MR) is 86.9 cm³/mol. The maximum absolute atomic E-state index is 4.49. The van der Waals surface area contributed by atoms with Crippen LogP contribution in [0.5, 0.6) is 0 Å². The second kappa shape index (κ2) is 5.24. The smallest absolute Gasteiger partial charge is 0.207 e. The molecule has 0 unspecified atom stereocenters. The van der Waals surface area contributed by atoms with Crippen LogP contribution in [0.4, 0.5) is 5.95 Å². The summed E-state index contributed by atoms with van der Waals surface area (Å²) in [5.74, 6) is 0.956. The van der Waals surface area contributed by atoms with Gasteiger partial charge in [-0.1, -0.05) is 43.2 Å². The molecule has 1 saturated carbocycles. The largest absolute Gasteiger partial charge is 0.353 e. The summed E-state index contributed by atoms with van der Waals surface area (Å²) in [6, 6.07) is 15.6. The molecule has 1 N–H and O–H groups in total. The summed E-state index contributed by atoms with van der Waals surface area (Å²) in [4.78, 5) is 4.49. The predicted octanol–water partition coefficient (Wildman–Crippen LogP) is 4.38. The summed E-state index contributed by atoms with van der Waals surface area (Å²) < 4.78 is 2.14. The summed E-state index contributed by atoms with van der Waals surface area (Å²) >= 11 is 0. The molecule has 2 aromatic carbocycles. The second-order valence-electron chi connectivity index (χ2n) is 5.78. The number of hydrogen-bond acceptors (Lipinski definition) is 2. The van der Waals surface area contributed by atoms with Gasteiger partial charge in [-0.2, -0.15) is 0 Å². The van der Waals surface area contributed by atoms with Crippen molar-refractivity contribution in [3.05, 3.63) is 54.9 Å². The van der Waals surface area contributed by atoms with Crippen molar-refractivity contribution >= 4 is 16.7 Å². The van der Waals surface area contributed by atoms with E-state index in [1.807, 2.05) is 12.4 Å². The molecule has 4 rings (SSSR count). The van der Waals surface area contributed by atoms with E-state index in [0.717, 1.165) is 11.6 Å². The van der Waals surface area contributed by atoms with Crippen molar-refractivity contribution in [2.75, 3.05) is 5.32 Å². The number of anilines is 1. The Hall–Kier alpha value is -2.29. The maximum atomic E-state index is 4.49. The van der Waals surface area contributed by atoms with Crippen LogP contribution in [0.3, 0.4) is 0 Å². The van der Waals surface area contributed by atoms with Crippen molar-refractivity contribution in [1.82, 2.24) is 9.55 Å². The molecule has 1 aromatic heterocycles. The molecule has 1 aliphatic rings. The molecule has 106 valence electrons. The minimum absolute atomic E-state index is 0.576. The van der Waals surface area contributed by atoms with E-state index in [0.29, 0.717) is 6.04 Å². The molecule has 1 heterocycles. The molecule has 0 bridgehead atoms. The van der Waals surface area contributed by atoms with Gasteiger partial charge in [-0.15, -0.1) is 0 Å². The van der Waals surface area contributed by atoms with Crippen LogP contribution in [0.2, 0.25) is 0 Å². The fraction of sp³-hybridized carbons (Fsp3) is 0.278. The number of fused-ring (bicyclic) bond motifs is 1. The van der Waals surface area contributed by atoms with Crippen LogP contribution >= 0.6 is 0 Å². The normalized spacial score (nSPS) is 15.6.